The summed E-state index contributed by atoms with van der Waals surface area (Å²) in [4.78, 5) is 33.2. The third kappa shape index (κ3) is 6.37. The molecule has 1 aromatic rings. The second kappa shape index (κ2) is 8.51. The molecule has 1 amide bonds. The highest BCUT2D eigenvalue weighted by Gasteiger charge is 2.11. The van der Waals surface area contributed by atoms with Gasteiger partial charge in [0.05, 0.1) is 7.11 Å². The molecule has 0 fully saturated rings. The third-order valence-corrected chi connectivity index (χ3v) is 2.20. The fraction of sp³-hybridized carbons (Fsp3) is 0.308. The summed E-state index contributed by atoms with van der Waals surface area (Å²) in [5.74, 6) is -2.84. The highest BCUT2D eigenvalue weighted by Crippen LogP contribution is 2.14. The number of benzene rings is 1. The monoisotopic (exact) mass is 299 g/mol. The summed E-state index contributed by atoms with van der Waals surface area (Å²) in [6.07, 6.45) is 0. The molecule has 21 heavy (non-hydrogen) atoms. The number of hydrogen-bond acceptors (Lipinski definition) is 6. The van der Waals surface area contributed by atoms with E-state index in [0.29, 0.717) is 0 Å². The standard InChI is InChI=1S/C13H14FNO6/c1-19-12(17)6-15-11(16)7-21-13(18)8-20-10-5-3-2-4-9(10)14/h2-5H,6-8H2,1H3,(H,15,16). The van der Waals surface area contributed by atoms with E-state index < -0.39 is 36.9 Å². The van der Waals surface area contributed by atoms with Gasteiger partial charge in [-0.2, -0.15) is 0 Å². The van der Waals surface area contributed by atoms with Crippen LogP contribution in [0, 0.1) is 5.82 Å². The lowest BCUT2D eigenvalue weighted by atomic mass is 10.3. The lowest BCUT2D eigenvalue weighted by Crippen LogP contribution is -2.34. The number of carbonyl (C=O) groups is 3. The van der Waals surface area contributed by atoms with Crippen molar-refractivity contribution < 1.29 is 33.0 Å². The first-order valence-corrected chi connectivity index (χ1v) is 5.89. The largest absolute Gasteiger partial charge is 0.479 e. The zero-order valence-corrected chi connectivity index (χ0v) is 11.3. The van der Waals surface area contributed by atoms with Crippen LogP contribution in [-0.4, -0.2) is 44.7 Å². The molecule has 0 aliphatic carbocycles. The van der Waals surface area contributed by atoms with Gasteiger partial charge in [-0.3, -0.25) is 9.59 Å². The minimum Gasteiger partial charge on any atom is -0.479 e. The molecule has 8 heteroatoms. The predicted molar refractivity (Wildman–Crippen MR) is 67.9 cm³/mol. The average molecular weight is 299 g/mol. The van der Waals surface area contributed by atoms with E-state index in [1.165, 1.54) is 25.3 Å². The Kier molecular flexibility index (Phi) is 6.66. The van der Waals surface area contributed by atoms with Crippen LogP contribution >= 0.6 is 0 Å². The fourth-order valence-corrected chi connectivity index (χ4v) is 1.18. The number of methoxy groups -OCH3 is 1. The van der Waals surface area contributed by atoms with Gasteiger partial charge < -0.3 is 19.5 Å². The first-order valence-electron chi connectivity index (χ1n) is 5.89. The van der Waals surface area contributed by atoms with Gasteiger partial charge in [-0.05, 0) is 12.1 Å². The Morgan fingerprint density at radius 1 is 1.14 bits per heavy atom. The maximum absolute atomic E-state index is 13.2. The molecule has 0 bridgehead atoms. The molecule has 0 spiro atoms. The maximum atomic E-state index is 13.2. The van der Waals surface area contributed by atoms with Crippen molar-refractivity contribution in [2.24, 2.45) is 0 Å². The van der Waals surface area contributed by atoms with E-state index in [1.807, 2.05) is 0 Å². The highest BCUT2D eigenvalue weighted by molar-refractivity contribution is 5.84. The maximum Gasteiger partial charge on any atom is 0.344 e. The first kappa shape index (κ1) is 16.4. The number of carbonyl (C=O) groups excluding carboxylic acids is 3. The van der Waals surface area contributed by atoms with Crippen LogP contribution in [0.1, 0.15) is 0 Å². The number of nitrogens with one attached hydrogen (secondary N) is 1. The number of halogens is 1. The Labute approximate surface area is 120 Å². The van der Waals surface area contributed by atoms with E-state index >= 15 is 0 Å². The van der Waals surface area contributed by atoms with Gasteiger partial charge in [0.1, 0.15) is 6.54 Å². The molecule has 0 heterocycles. The van der Waals surface area contributed by atoms with Crippen molar-refractivity contribution in [1.29, 1.82) is 0 Å². The Bertz CT molecular complexity index is 519. The summed E-state index contributed by atoms with van der Waals surface area (Å²) >= 11 is 0. The molecule has 0 unspecified atom stereocenters. The van der Waals surface area contributed by atoms with Crippen molar-refractivity contribution in [3.05, 3.63) is 30.1 Å². The van der Waals surface area contributed by atoms with E-state index in [0.717, 1.165) is 0 Å². The van der Waals surface area contributed by atoms with Crippen molar-refractivity contribution in [2.75, 3.05) is 26.9 Å². The van der Waals surface area contributed by atoms with Gasteiger partial charge in [-0.1, -0.05) is 12.1 Å². The molecule has 114 valence electrons. The molecule has 0 aromatic heterocycles. The fourth-order valence-electron chi connectivity index (χ4n) is 1.18. The van der Waals surface area contributed by atoms with Crippen LogP contribution in [0.4, 0.5) is 4.39 Å². The van der Waals surface area contributed by atoms with Crippen molar-refractivity contribution >= 4 is 17.8 Å². The topological polar surface area (TPSA) is 90.9 Å². The van der Waals surface area contributed by atoms with E-state index in [1.54, 1.807) is 6.07 Å². The van der Waals surface area contributed by atoms with Crippen molar-refractivity contribution in [2.45, 2.75) is 0 Å². The summed E-state index contributed by atoms with van der Waals surface area (Å²) in [6.45, 7) is -1.43. The zero-order chi connectivity index (χ0) is 15.7. The van der Waals surface area contributed by atoms with Gasteiger partial charge in [-0.25, -0.2) is 9.18 Å². The molecule has 0 saturated carbocycles. The van der Waals surface area contributed by atoms with Crippen LogP contribution in [0.25, 0.3) is 0 Å². The number of amides is 1. The van der Waals surface area contributed by atoms with Crippen LogP contribution < -0.4 is 10.1 Å². The lowest BCUT2D eigenvalue weighted by molar-refractivity contribution is -0.150. The van der Waals surface area contributed by atoms with Gasteiger partial charge in [0, 0.05) is 0 Å². The normalized spacial score (nSPS) is 9.62. The highest BCUT2D eigenvalue weighted by atomic mass is 19.1. The molecule has 7 nitrogen and oxygen atoms in total. The van der Waals surface area contributed by atoms with Crippen LogP contribution in [0.3, 0.4) is 0 Å². The Morgan fingerprint density at radius 2 is 1.86 bits per heavy atom. The van der Waals surface area contributed by atoms with Gasteiger partial charge in [-0.15, -0.1) is 0 Å². The SMILES string of the molecule is COC(=O)CNC(=O)COC(=O)COc1ccccc1F. The van der Waals surface area contributed by atoms with Gasteiger partial charge in [0.25, 0.3) is 5.91 Å². The number of ether oxygens (including phenoxy) is 3. The van der Waals surface area contributed by atoms with Crippen LogP contribution in [0.5, 0.6) is 5.75 Å². The van der Waals surface area contributed by atoms with Crippen molar-refractivity contribution in [3.63, 3.8) is 0 Å². The minimum atomic E-state index is -0.841. The molecular formula is C13H14FNO6. The average Bonchev–Trinajstić information content (AvgIpc) is 2.49. The van der Waals surface area contributed by atoms with Gasteiger partial charge in [0.15, 0.2) is 24.8 Å². The van der Waals surface area contributed by atoms with Gasteiger partial charge >= 0.3 is 11.9 Å². The predicted octanol–water partition coefficient (Wildman–Crippen LogP) is 0.0369. The smallest absolute Gasteiger partial charge is 0.344 e. The van der Waals surface area contributed by atoms with Gasteiger partial charge in [0.2, 0.25) is 0 Å². The number of rotatable bonds is 7. The molecule has 1 N–H and O–H groups in total. The summed E-state index contributed by atoms with van der Waals surface area (Å²) in [5, 5.41) is 2.18. The Hall–Kier alpha value is -2.64. The number of hydrogen-bond donors (Lipinski definition) is 1. The molecule has 1 rings (SSSR count). The van der Waals surface area contributed by atoms with E-state index in [2.05, 4.69) is 14.8 Å². The molecule has 0 saturated heterocycles. The summed E-state index contributed by atoms with van der Waals surface area (Å²) < 4.78 is 27.0. The van der Waals surface area contributed by atoms with E-state index in [-0.39, 0.29) is 12.3 Å². The molecule has 1 aromatic carbocycles. The zero-order valence-electron chi connectivity index (χ0n) is 11.3. The molecule has 0 atom stereocenters. The summed E-state index contributed by atoms with van der Waals surface area (Å²) in [7, 11) is 1.18. The molecule has 0 aliphatic heterocycles. The minimum absolute atomic E-state index is 0.0930. The lowest BCUT2D eigenvalue weighted by Gasteiger charge is -2.07. The van der Waals surface area contributed by atoms with Crippen molar-refractivity contribution in [3.8, 4) is 5.75 Å². The molecular weight excluding hydrogens is 285 g/mol. The third-order valence-electron chi connectivity index (χ3n) is 2.20. The van der Waals surface area contributed by atoms with Crippen molar-refractivity contribution in [1.82, 2.24) is 5.32 Å². The summed E-state index contributed by atoms with van der Waals surface area (Å²) in [5.41, 5.74) is 0. The number of para-hydroxylation sites is 1. The number of esters is 2. The van der Waals surface area contributed by atoms with E-state index in [4.69, 9.17) is 4.74 Å². The van der Waals surface area contributed by atoms with Crippen LogP contribution in [0.2, 0.25) is 0 Å². The Morgan fingerprint density at radius 3 is 2.52 bits per heavy atom. The summed E-state index contributed by atoms with van der Waals surface area (Å²) in [6, 6.07) is 5.56. The van der Waals surface area contributed by atoms with Crippen LogP contribution in [0.15, 0.2) is 24.3 Å². The first-order chi connectivity index (χ1) is 10.0. The Balaban J connectivity index is 2.24. The molecule has 0 aliphatic rings. The second-order valence-corrected chi connectivity index (χ2v) is 3.73. The molecule has 0 radical (unpaired) electrons. The quantitative estimate of drug-likeness (QED) is 0.715. The van der Waals surface area contributed by atoms with Crippen LogP contribution in [-0.2, 0) is 23.9 Å². The van der Waals surface area contributed by atoms with E-state index in [9.17, 15) is 18.8 Å². The second-order valence-electron chi connectivity index (χ2n) is 3.73.